The predicted octanol–water partition coefficient (Wildman–Crippen LogP) is 2.55. The van der Waals surface area contributed by atoms with Crippen LogP contribution in [0.2, 0.25) is 0 Å². The van der Waals surface area contributed by atoms with Gasteiger partial charge in [-0.05, 0) is 38.4 Å². The van der Waals surface area contributed by atoms with Crippen LogP contribution in [-0.2, 0) is 4.74 Å². The third-order valence-corrected chi connectivity index (χ3v) is 3.89. The van der Waals surface area contributed by atoms with E-state index in [4.69, 9.17) is 4.74 Å². The summed E-state index contributed by atoms with van der Waals surface area (Å²) in [5.74, 6) is 1.53. The van der Waals surface area contributed by atoms with Gasteiger partial charge in [0.15, 0.2) is 0 Å². The van der Waals surface area contributed by atoms with Gasteiger partial charge in [0.05, 0.1) is 0 Å². The van der Waals surface area contributed by atoms with E-state index in [1.165, 1.54) is 44.7 Å². The van der Waals surface area contributed by atoms with Crippen molar-refractivity contribution >= 4 is 0 Å². The van der Waals surface area contributed by atoms with Crippen LogP contribution in [0.1, 0.15) is 32.6 Å². The Bertz CT molecular complexity index is 185. The van der Waals surface area contributed by atoms with Crippen LogP contribution in [0.3, 0.4) is 0 Å². The van der Waals surface area contributed by atoms with Crippen LogP contribution in [-0.4, -0.2) is 38.3 Å². The molecule has 1 radical (unpaired) electrons. The Morgan fingerprint density at radius 2 is 1.81 bits per heavy atom. The maximum absolute atomic E-state index is 5.78. The van der Waals surface area contributed by atoms with Crippen molar-refractivity contribution < 1.29 is 4.74 Å². The first-order valence-electron chi connectivity index (χ1n) is 5.78. The second-order valence-electron chi connectivity index (χ2n) is 5.25. The fraction of sp³-hybridized carbons (Fsp3) is 0.846. The Labute approximate surface area is 95.0 Å². The van der Waals surface area contributed by atoms with Crippen LogP contribution >= 0.6 is 0 Å². The molecule has 0 aromatic heterocycles. The number of nitrogens with zero attached hydrogens (tertiary/aromatic N) is 1. The van der Waals surface area contributed by atoms with E-state index in [-0.39, 0.29) is 7.43 Å². The van der Waals surface area contributed by atoms with Gasteiger partial charge < -0.3 is 17.1 Å². The first kappa shape index (κ1) is 14.9. The van der Waals surface area contributed by atoms with Crippen molar-refractivity contribution in [3.63, 3.8) is 0 Å². The molecule has 2 rings (SSSR count). The summed E-state index contributed by atoms with van der Waals surface area (Å²) < 4.78 is 5.78. The van der Waals surface area contributed by atoms with E-state index < -0.39 is 0 Å². The first-order chi connectivity index (χ1) is 6.70. The summed E-state index contributed by atoms with van der Waals surface area (Å²) in [7, 11) is 2.22. The molecule has 2 aliphatic heterocycles. The Morgan fingerprint density at radius 1 is 1.19 bits per heavy atom. The van der Waals surface area contributed by atoms with Gasteiger partial charge in [-0.15, -0.1) is 0 Å². The first-order valence-corrected chi connectivity index (χ1v) is 5.78. The van der Waals surface area contributed by atoms with Gasteiger partial charge in [-0.2, -0.15) is 13.3 Å². The van der Waals surface area contributed by atoms with Gasteiger partial charge in [0.25, 0.3) is 0 Å². The number of piperidine rings is 1. The van der Waals surface area contributed by atoms with Crippen molar-refractivity contribution in [3.8, 4) is 0 Å². The maximum atomic E-state index is 5.78. The summed E-state index contributed by atoms with van der Waals surface area (Å²) in [5.41, 5.74) is 0.518. The molecule has 0 bridgehead atoms. The van der Waals surface area contributed by atoms with Crippen LogP contribution in [0.25, 0.3) is 0 Å². The molecule has 0 N–H and O–H groups in total. The van der Waals surface area contributed by atoms with Gasteiger partial charge in [-0.1, -0.05) is 13.0 Å². The van der Waals surface area contributed by atoms with Crippen LogP contribution in [0.5, 0.6) is 0 Å². The molecule has 0 aromatic rings. The number of hydrogen-bond acceptors (Lipinski definition) is 2. The predicted molar refractivity (Wildman–Crippen MR) is 64.5 cm³/mol. The average Bonchev–Trinajstić information content (AvgIpc) is 2.36. The molecule has 1 spiro atoms. The summed E-state index contributed by atoms with van der Waals surface area (Å²) >= 11 is 0. The zero-order chi connectivity index (χ0) is 10.0. The summed E-state index contributed by atoms with van der Waals surface area (Å²) in [6.45, 7) is 6.63. The quantitative estimate of drug-likeness (QED) is 0.502. The van der Waals surface area contributed by atoms with Crippen molar-refractivity contribution in [1.29, 1.82) is 0 Å². The van der Waals surface area contributed by atoms with Gasteiger partial charge >= 0.3 is 0 Å². The molecule has 0 unspecified atom stereocenters. The third-order valence-electron chi connectivity index (χ3n) is 3.89. The van der Waals surface area contributed by atoms with Gasteiger partial charge in [0, 0.05) is 6.61 Å². The van der Waals surface area contributed by atoms with Crippen LogP contribution < -0.4 is 0 Å². The standard InChI is InChI=1S/C12H22NO.CH3.Lr/c1-11-3-4-12(10-14-9-11)5-7-13(2)8-6-12;;/h3-10H2,1-2H3;1H3;/q2*-1;. The fourth-order valence-corrected chi connectivity index (χ4v) is 2.55. The minimum atomic E-state index is 0. The van der Waals surface area contributed by atoms with E-state index in [9.17, 15) is 0 Å². The molecule has 105 valence electrons. The van der Waals surface area contributed by atoms with E-state index in [0.717, 1.165) is 13.2 Å². The molecule has 0 aliphatic carbocycles. The van der Waals surface area contributed by atoms with Crippen molar-refractivity contribution in [2.45, 2.75) is 32.6 Å². The van der Waals surface area contributed by atoms with Gasteiger partial charge in [-0.3, -0.25) is 5.92 Å². The SMILES string of the molecule is C[C-]1CCC2(CCN(C)CC2)COC1.[CH3-].[Lr]. The van der Waals surface area contributed by atoms with E-state index in [1.807, 2.05) is 0 Å². The third kappa shape index (κ3) is 3.21. The van der Waals surface area contributed by atoms with Crippen molar-refractivity contribution in [1.82, 2.24) is 4.90 Å². The maximum Gasteiger partial charge on any atom is 0.0487 e. The van der Waals surface area contributed by atoms with Crippen molar-refractivity contribution in [2.24, 2.45) is 5.41 Å². The molecular formula is C13H25LrNO-2. The van der Waals surface area contributed by atoms with Crippen LogP contribution in [0.15, 0.2) is 0 Å². The number of ether oxygens (including phenoxy) is 1. The molecule has 2 aliphatic rings. The molecular weight excluding hydrogens is 448 g/mol. The zero-order valence-corrected chi connectivity index (χ0v) is 12.9. The second-order valence-corrected chi connectivity index (χ2v) is 5.25. The fourth-order valence-electron chi connectivity index (χ4n) is 2.55. The number of hydrogen-bond donors (Lipinski definition) is 0. The van der Waals surface area contributed by atoms with E-state index in [1.54, 1.807) is 0 Å². The van der Waals surface area contributed by atoms with Gasteiger partial charge in [0.2, 0.25) is 0 Å². The summed E-state index contributed by atoms with van der Waals surface area (Å²) in [5, 5.41) is 0. The Morgan fingerprint density at radius 3 is 2.44 bits per heavy atom. The van der Waals surface area contributed by atoms with Crippen LogP contribution in [0, 0.1) is 18.8 Å². The van der Waals surface area contributed by atoms with E-state index >= 15 is 0 Å². The second kappa shape index (κ2) is 5.86. The van der Waals surface area contributed by atoms with Crippen molar-refractivity contribution in [3.05, 3.63) is 13.3 Å². The minimum absolute atomic E-state index is 0. The number of rotatable bonds is 0. The Kier molecular flexibility index (Phi) is 5.46. The Balaban J connectivity index is 0.00000112. The Hall–Kier alpha value is -1.08. The summed E-state index contributed by atoms with van der Waals surface area (Å²) in [6.07, 6.45) is 5.30. The molecule has 0 aromatic carbocycles. The molecule has 2 fully saturated rings. The van der Waals surface area contributed by atoms with Gasteiger partial charge in [0.1, 0.15) is 0 Å². The minimum Gasteiger partial charge on any atom is -0.412 e. The number of likely N-dealkylation sites (tertiary alicyclic amines) is 1. The molecule has 0 saturated carbocycles. The van der Waals surface area contributed by atoms with E-state index in [0.29, 0.717) is 5.41 Å². The monoisotopic (exact) mass is 473 g/mol. The summed E-state index contributed by atoms with van der Waals surface area (Å²) in [6, 6.07) is 0. The summed E-state index contributed by atoms with van der Waals surface area (Å²) in [4.78, 5) is 2.44. The van der Waals surface area contributed by atoms with Gasteiger partial charge in [-0.25, -0.2) is 0 Å². The molecule has 16 heavy (non-hydrogen) atoms. The molecule has 2 saturated heterocycles. The average molecular weight is 473 g/mol. The largest absolute Gasteiger partial charge is 0.412 e. The topological polar surface area (TPSA) is 12.5 Å². The molecule has 2 nitrogen and oxygen atoms in total. The smallest absolute Gasteiger partial charge is 0.0487 e. The van der Waals surface area contributed by atoms with Crippen molar-refractivity contribution in [2.75, 3.05) is 33.4 Å². The molecule has 0 atom stereocenters. The van der Waals surface area contributed by atoms with E-state index in [2.05, 4.69) is 18.9 Å². The molecule has 2 heterocycles. The molecule has 3 heteroatoms. The zero-order valence-electron chi connectivity index (χ0n) is 10.8. The molecule has 0 amide bonds. The normalized spacial score (nSPS) is 26.6. The van der Waals surface area contributed by atoms with Crippen LogP contribution in [0.4, 0.5) is 0 Å².